The molecule has 4 nitrogen and oxygen atoms in total. The highest BCUT2D eigenvalue weighted by Crippen LogP contribution is 2.22. The molecule has 1 fully saturated rings. The molecule has 0 spiro atoms. The van der Waals surface area contributed by atoms with E-state index in [-0.39, 0.29) is 5.91 Å². The van der Waals surface area contributed by atoms with Gasteiger partial charge in [-0.05, 0) is 38.7 Å². The second-order valence-electron chi connectivity index (χ2n) is 4.97. The van der Waals surface area contributed by atoms with Gasteiger partial charge in [-0.3, -0.25) is 9.48 Å². The van der Waals surface area contributed by atoms with Crippen LogP contribution < -0.4 is 0 Å². The van der Waals surface area contributed by atoms with E-state index in [9.17, 15) is 4.79 Å². The average molecular weight is 249 g/mol. The van der Waals surface area contributed by atoms with E-state index >= 15 is 0 Å². The third kappa shape index (κ3) is 2.57. The average Bonchev–Trinajstić information content (AvgIpc) is 2.87. The Morgan fingerprint density at radius 3 is 3.00 bits per heavy atom. The fourth-order valence-electron chi connectivity index (χ4n) is 2.81. The molecule has 18 heavy (non-hydrogen) atoms. The van der Waals surface area contributed by atoms with Crippen molar-refractivity contribution >= 4 is 5.91 Å². The maximum atomic E-state index is 12.6. The zero-order valence-electron chi connectivity index (χ0n) is 11.4. The van der Waals surface area contributed by atoms with Gasteiger partial charge in [-0.25, -0.2) is 0 Å². The monoisotopic (exact) mass is 249 g/mol. The fraction of sp³-hybridized carbons (Fsp3) is 0.714. The lowest BCUT2D eigenvalue weighted by molar-refractivity contribution is 0.0588. The number of nitrogens with zero attached hydrogens (tertiary/aromatic N) is 3. The van der Waals surface area contributed by atoms with Crippen molar-refractivity contribution in [1.29, 1.82) is 0 Å². The largest absolute Gasteiger partial charge is 0.334 e. The molecule has 1 aliphatic heterocycles. The first kappa shape index (κ1) is 13.1. The summed E-state index contributed by atoms with van der Waals surface area (Å²) in [4.78, 5) is 14.7. The zero-order valence-corrected chi connectivity index (χ0v) is 11.4. The van der Waals surface area contributed by atoms with Crippen LogP contribution in [0.25, 0.3) is 0 Å². The van der Waals surface area contributed by atoms with Crippen LogP contribution in [0, 0.1) is 0 Å². The van der Waals surface area contributed by atoms with Crippen LogP contribution in [-0.2, 0) is 6.54 Å². The Kier molecular flexibility index (Phi) is 4.39. The van der Waals surface area contributed by atoms with Crippen LogP contribution in [0.5, 0.6) is 0 Å². The summed E-state index contributed by atoms with van der Waals surface area (Å²) in [6.45, 7) is 5.86. The van der Waals surface area contributed by atoms with Crippen molar-refractivity contribution in [3.8, 4) is 0 Å². The Balaban J connectivity index is 2.15. The number of amides is 1. The highest BCUT2D eigenvalue weighted by molar-refractivity contribution is 5.92. The molecule has 1 unspecified atom stereocenters. The van der Waals surface area contributed by atoms with E-state index in [1.807, 2.05) is 13.0 Å². The maximum Gasteiger partial charge on any atom is 0.272 e. The van der Waals surface area contributed by atoms with Crippen LogP contribution in [0.2, 0.25) is 0 Å². The lowest BCUT2D eigenvalue weighted by atomic mass is 9.98. The molecular formula is C14H23N3O. The highest BCUT2D eigenvalue weighted by atomic mass is 16.2. The molecule has 2 rings (SSSR count). The Hall–Kier alpha value is -1.32. The molecule has 1 aliphatic rings. The van der Waals surface area contributed by atoms with Gasteiger partial charge in [0.2, 0.25) is 0 Å². The van der Waals surface area contributed by atoms with Gasteiger partial charge in [0.25, 0.3) is 5.91 Å². The van der Waals surface area contributed by atoms with Crippen LogP contribution in [-0.4, -0.2) is 33.2 Å². The molecule has 1 atom stereocenters. The van der Waals surface area contributed by atoms with Gasteiger partial charge in [0.1, 0.15) is 5.69 Å². The van der Waals surface area contributed by atoms with Gasteiger partial charge < -0.3 is 4.90 Å². The summed E-state index contributed by atoms with van der Waals surface area (Å²) in [6, 6.07) is 2.26. The summed E-state index contributed by atoms with van der Waals surface area (Å²) >= 11 is 0. The SMILES string of the molecule is CCCC1CCCCN1C(=O)c1ccnn1CC. The number of carbonyl (C=O) groups is 1. The molecule has 0 N–H and O–H groups in total. The van der Waals surface area contributed by atoms with E-state index in [0.29, 0.717) is 6.04 Å². The maximum absolute atomic E-state index is 12.6. The van der Waals surface area contributed by atoms with Gasteiger partial charge in [-0.15, -0.1) is 0 Å². The van der Waals surface area contributed by atoms with Crippen molar-refractivity contribution in [3.63, 3.8) is 0 Å². The van der Waals surface area contributed by atoms with E-state index < -0.39 is 0 Å². The number of likely N-dealkylation sites (tertiary alicyclic amines) is 1. The molecule has 1 saturated heterocycles. The first-order valence-electron chi connectivity index (χ1n) is 7.10. The number of piperidine rings is 1. The van der Waals surface area contributed by atoms with Crippen molar-refractivity contribution in [3.05, 3.63) is 18.0 Å². The normalized spacial score (nSPS) is 20.1. The van der Waals surface area contributed by atoms with Crippen LogP contribution in [0.15, 0.2) is 12.3 Å². The zero-order chi connectivity index (χ0) is 13.0. The standard InChI is InChI=1S/C14H23N3O/c1-3-7-12-8-5-6-11-16(12)14(18)13-9-10-15-17(13)4-2/h9-10,12H,3-8,11H2,1-2H3. The van der Waals surface area contributed by atoms with E-state index in [1.54, 1.807) is 10.9 Å². The number of aryl methyl sites for hydroxylation is 1. The number of hydrogen-bond acceptors (Lipinski definition) is 2. The molecule has 0 radical (unpaired) electrons. The topological polar surface area (TPSA) is 38.1 Å². The second kappa shape index (κ2) is 6.03. The van der Waals surface area contributed by atoms with Gasteiger partial charge in [0.15, 0.2) is 0 Å². The van der Waals surface area contributed by atoms with E-state index in [0.717, 1.165) is 44.5 Å². The molecule has 1 aromatic heterocycles. The minimum absolute atomic E-state index is 0.160. The second-order valence-corrected chi connectivity index (χ2v) is 4.97. The molecule has 4 heteroatoms. The quantitative estimate of drug-likeness (QED) is 0.823. The van der Waals surface area contributed by atoms with Crippen LogP contribution in [0.1, 0.15) is 56.4 Å². The lowest BCUT2D eigenvalue weighted by Gasteiger charge is -2.35. The Morgan fingerprint density at radius 2 is 2.28 bits per heavy atom. The van der Waals surface area contributed by atoms with Gasteiger partial charge in [0.05, 0.1) is 0 Å². The predicted octanol–water partition coefficient (Wildman–Crippen LogP) is 2.70. The van der Waals surface area contributed by atoms with Gasteiger partial charge >= 0.3 is 0 Å². The number of carbonyl (C=O) groups excluding carboxylic acids is 1. The molecule has 1 aromatic rings. The lowest BCUT2D eigenvalue weighted by Crippen LogP contribution is -2.44. The van der Waals surface area contributed by atoms with Gasteiger partial charge in [0, 0.05) is 25.3 Å². The van der Waals surface area contributed by atoms with E-state index in [1.165, 1.54) is 6.42 Å². The fourth-order valence-corrected chi connectivity index (χ4v) is 2.81. The van der Waals surface area contributed by atoms with Crippen molar-refractivity contribution in [1.82, 2.24) is 14.7 Å². The van der Waals surface area contributed by atoms with Gasteiger partial charge in [-0.1, -0.05) is 13.3 Å². The molecule has 0 aromatic carbocycles. The predicted molar refractivity (Wildman–Crippen MR) is 71.5 cm³/mol. The third-order valence-corrected chi connectivity index (χ3v) is 3.75. The summed E-state index contributed by atoms with van der Waals surface area (Å²) in [5.74, 6) is 0.160. The molecule has 0 saturated carbocycles. The first-order chi connectivity index (χ1) is 8.77. The molecule has 0 bridgehead atoms. The third-order valence-electron chi connectivity index (χ3n) is 3.75. The van der Waals surface area contributed by atoms with Gasteiger partial charge in [-0.2, -0.15) is 5.10 Å². The summed E-state index contributed by atoms with van der Waals surface area (Å²) in [5.41, 5.74) is 0.737. The van der Waals surface area contributed by atoms with Crippen LogP contribution in [0.4, 0.5) is 0 Å². The first-order valence-corrected chi connectivity index (χ1v) is 7.10. The van der Waals surface area contributed by atoms with E-state index in [2.05, 4.69) is 16.9 Å². The highest BCUT2D eigenvalue weighted by Gasteiger charge is 2.28. The van der Waals surface area contributed by atoms with Crippen molar-refractivity contribution < 1.29 is 4.79 Å². The molecule has 1 amide bonds. The minimum Gasteiger partial charge on any atom is -0.334 e. The van der Waals surface area contributed by atoms with E-state index in [4.69, 9.17) is 0 Å². The molecule has 100 valence electrons. The summed E-state index contributed by atoms with van der Waals surface area (Å²) in [5, 5.41) is 4.19. The van der Waals surface area contributed by atoms with Crippen molar-refractivity contribution in [2.24, 2.45) is 0 Å². The summed E-state index contributed by atoms with van der Waals surface area (Å²) in [7, 11) is 0. The minimum atomic E-state index is 0.160. The Morgan fingerprint density at radius 1 is 1.44 bits per heavy atom. The Bertz CT molecular complexity index is 397. The molecule has 0 aliphatic carbocycles. The van der Waals surface area contributed by atoms with Crippen LogP contribution in [0.3, 0.4) is 0 Å². The summed E-state index contributed by atoms with van der Waals surface area (Å²) in [6.07, 6.45) is 7.51. The molecular weight excluding hydrogens is 226 g/mol. The Labute approximate surface area is 109 Å². The van der Waals surface area contributed by atoms with Crippen molar-refractivity contribution in [2.75, 3.05) is 6.54 Å². The summed E-state index contributed by atoms with van der Waals surface area (Å²) < 4.78 is 1.79. The number of hydrogen-bond donors (Lipinski definition) is 0. The number of rotatable bonds is 4. The van der Waals surface area contributed by atoms with Crippen molar-refractivity contribution in [2.45, 2.75) is 58.5 Å². The molecule has 2 heterocycles. The van der Waals surface area contributed by atoms with Crippen LogP contribution >= 0.6 is 0 Å². The smallest absolute Gasteiger partial charge is 0.272 e. The number of aromatic nitrogens is 2.